The van der Waals surface area contributed by atoms with Crippen LogP contribution < -0.4 is 10.4 Å². The van der Waals surface area contributed by atoms with Crippen molar-refractivity contribution in [1.29, 1.82) is 0 Å². The second-order valence-corrected chi connectivity index (χ2v) is 5.92. The number of hydrogen-bond acceptors (Lipinski definition) is 3. The molecule has 5 heteroatoms. The van der Waals surface area contributed by atoms with Crippen LogP contribution in [-0.2, 0) is 9.09 Å². The third kappa shape index (κ3) is 1.58. The van der Waals surface area contributed by atoms with Crippen molar-refractivity contribution < 1.29 is 13.9 Å². The van der Waals surface area contributed by atoms with Crippen LogP contribution in [0, 0.1) is 13.8 Å². The first-order valence-electron chi connectivity index (χ1n) is 5.17. The lowest BCUT2D eigenvalue weighted by Crippen LogP contribution is -2.15. The minimum absolute atomic E-state index is 0.307. The molecule has 86 valence electrons. The predicted octanol–water partition coefficient (Wildman–Crippen LogP) is 1.90. The zero-order chi connectivity index (χ0) is 11.9. The molecule has 1 N–H and O–H groups in total. The molecule has 0 radical (unpaired) electrons. The Kier molecular flexibility index (Phi) is 2.64. The molecule has 0 fully saturated rings. The van der Waals surface area contributed by atoms with Crippen molar-refractivity contribution in [3.8, 4) is 0 Å². The summed E-state index contributed by atoms with van der Waals surface area (Å²) < 4.78 is 17.7. The fourth-order valence-corrected chi connectivity index (χ4v) is 4.12. The number of fused-ring (bicyclic) bond motifs is 1. The molecule has 0 spiro atoms. The second-order valence-electron chi connectivity index (χ2n) is 3.89. The van der Waals surface area contributed by atoms with Crippen LogP contribution in [0.2, 0.25) is 0 Å². The third-order valence-corrected chi connectivity index (χ3v) is 4.85. The first-order valence-corrected chi connectivity index (χ1v) is 6.79. The summed E-state index contributed by atoms with van der Waals surface area (Å²) in [6.07, 6.45) is 0. The SMILES string of the molecule is CCOP1(=O)NC(=O)c2cc(C)cc(C)c21. The molecule has 1 aliphatic heterocycles. The van der Waals surface area contributed by atoms with Crippen molar-refractivity contribution in [3.63, 3.8) is 0 Å². The number of benzene rings is 1. The summed E-state index contributed by atoms with van der Waals surface area (Å²) in [5.74, 6) is -0.307. The van der Waals surface area contributed by atoms with E-state index >= 15 is 0 Å². The van der Waals surface area contributed by atoms with Gasteiger partial charge >= 0.3 is 7.52 Å². The third-order valence-electron chi connectivity index (χ3n) is 2.54. The number of amides is 1. The van der Waals surface area contributed by atoms with E-state index in [0.717, 1.165) is 11.1 Å². The van der Waals surface area contributed by atoms with E-state index in [-0.39, 0.29) is 5.91 Å². The predicted molar refractivity (Wildman–Crippen MR) is 62.2 cm³/mol. The van der Waals surface area contributed by atoms with Crippen LogP contribution in [0.4, 0.5) is 0 Å². The van der Waals surface area contributed by atoms with Crippen LogP contribution in [0.25, 0.3) is 0 Å². The maximum atomic E-state index is 12.4. The smallest absolute Gasteiger partial charge is 0.310 e. The van der Waals surface area contributed by atoms with Gasteiger partial charge in [0.1, 0.15) is 0 Å². The first-order chi connectivity index (χ1) is 7.48. The highest BCUT2D eigenvalue weighted by molar-refractivity contribution is 7.67. The van der Waals surface area contributed by atoms with Gasteiger partial charge < -0.3 is 4.52 Å². The highest BCUT2D eigenvalue weighted by atomic mass is 31.2. The number of carbonyl (C=O) groups excluding carboxylic acids is 1. The Bertz CT molecular complexity index is 510. The quantitative estimate of drug-likeness (QED) is 0.802. The number of hydrogen-bond donors (Lipinski definition) is 1. The summed E-state index contributed by atoms with van der Waals surface area (Å²) >= 11 is 0. The molecule has 1 heterocycles. The summed E-state index contributed by atoms with van der Waals surface area (Å²) in [6, 6.07) is 3.65. The average Bonchev–Trinajstić information content (AvgIpc) is 2.38. The zero-order valence-corrected chi connectivity index (χ0v) is 10.4. The van der Waals surface area contributed by atoms with Gasteiger partial charge in [-0.05, 0) is 32.4 Å². The Balaban J connectivity index is 2.66. The molecule has 0 saturated heterocycles. The van der Waals surface area contributed by atoms with Crippen molar-refractivity contribution in [2.45, 2.75) is 20.8 Å². The van der Waals surface area contributed by atoms with E-state index in [4.69, 9.17) is 4.52 Å². The van der Waals surface area contributed by atoms with Crippen LogP contribution in [-0.4, -0.2) is 12.5 Å². The first kappa shape index (κ1) is 11.4. The lowest BCUT2D eigenvalue weighted by Gasteiger charge is -2.13. The average molecular weight is 239 g/mol. The molecule has 1 amide bonds. The normalized spacial score (nSPS) is 23.1. The summed E-state index contributed by atoms with van der Waals surface area (Å²) in [5.41, 5.74) is 2.30. The molecule has 1 aromatic rings. The Morgan fingerprint density at radius 2 is 2.06 bits per heavy atom. The fraction of sp³-hybridized carbons (Fsp3) is 0.364. The van der Waals surface area contributed by atoms with Gasteiger partial charge in [-0.25, -0.2) is 0 Å². The van der Waals surface area contributed by atoms with Crippen LogP contribution in [0.15, 0.2) is 12.1 Å². The van der Waals surface area contributed by atoms with E-state index < -0.39 is 7.52 Å². The minimum Gasteiger partial charge on any atom is -0.310 e. The highest BCUT2D eigenvalue weighted by Crippen LogP contribution is 2.47. The fourth-order valence-electron chi connectivity index (χ4n) is 2.05. The summed E-state index contributed by atoms with van der Waals surface area (Å²) in [4.78, 5) is 11.7. The molecule has 0 aliphatic carbocycles. The maximum absolute atomic E-state index is 12.4. The van der Waals surface area contributed by atoms with E-state index in [9.17, 15) is 9.36 Å². The molecule has 16 heavy (non-hydrogen) atoms. The largest absolute Gasteiger partial charge is 0.327 e. The second kappa shape index (κ2) is 3.72. The van der Waals surface area contributed by atoms with Gasteiger partial charge in [0.25, 0.3) is 5.91 Å². The lowest BCUT2D eigenvalue weighted by molar-refractivity contribution is 0.0982. The summed E-state index contributed by atoms with van der Waals surface area (Å²) in [5, 5.41) is 2.99. The van der Waals surface area contributed by atoms with E-state index in [2.05, 4.69) is 5.09 Å². The van der Waals surface area contributed by atoms with E-state index in [1.807, 2.05) is 19.9 Å². The van der Waals surface area contributed by atoms with E-state index in [1.54, 1.807) is 13.0 Å². The van der Waals surface area contributed by atoms with Gasteiger partial charge in [-0.2, -0.15) is 0 Å². The number of aryl methyl sites for hydroxylation is 2. The molecule has 2 rings (SSSR count). The minimum atomic E-state index is -3.17. The molecule has 1 aromatic carbocycles. The Morgan fingerprint density at radius 1 is 1.38 bits per heavy atom. The molecular formula is C11H14NO3P. The monoisotopic (exact) mass is 239 g/mol. The standard InChI is InChI=1S/C11H14NO3P/c1-4-15-16(14)10-8(3)5-7(2)6-9(10)11(13)12-16/h5-6H,4H2,1-3H3,(H,12,13,14). The van der Waals surface area contributed by atoms with Gasteiger partial charge in [-0.15, -0.1) is 0 Å². The highest BCUT2D eigenvalue weighted by Gasteiger charge is 2.40. The van der Waals surface area contributed by atoms with Crippen LogP contribution in [0.3, 0.4) is 0 Å². The molecule has 1 aliphatic rings. The van der Waals surface area contributed by atoms with Crippen molar-refractivity contribution in [2.75, 3.05) is 6.61 Å². The maximum Gasteiger partial charge on any atom is 0.327 e. The lowest BCUT2D eigenvalue weighted by atomic mass is 10.1. The molecule has 4 nitrogen and oxygen atoms in total. The molecule has 1 atom stereocenters. The van der Waals surface area contributed by atoms with Gasteiger partial charge in [0, 0.05) is 0 Å². The van der Waals surface area contributed by atoms with Crippen molar-refractivity contribution in [1.82, 2.24) is 5.09 Å². The van der Waals surface area contributed by atoms with Gasteiger partial charge in [0.15, 0.2) is 0 Å². The summed E-state index contributed by atoms with van der Waals surface area (Å²) in [6.45, 7) is 5.82. The van der Waals surface area contributed by atoms with Crippen LogP contribution in [0.1, 0.15) is 28.4 Å². The molecular weight excluding hydrogens is 225 g/mol. The number of nitrogens with one attached hydrogen (secondary N) is 1. The van der Waals surface area contributed by atoms with E-state index in [0.29, 0.717) is 17.5 Å². The number of carbonyl (C=O) groups is 1. The van der Waals surface area contributed by atoms with Crippen molar-refractivity contribution in [3.05, 3.63) is 28.8 Å². The number of rotatable bonds is 2. The molecule has 0 aromatic heterocycles. The van der Waals surface area contributed by atoms with E-state index in [1.165, 1.54) is 0 Å². The Labute approximate surface area is 94.5 Å². The van der Waals surface area contributed by atoms with Gasteiger partial charge in [0.05, 0.1) is 17.5 Å². The van der Waals surface area contributed by atoms with Crippen LogP contribution >= 0.6 is 7.52 Å². The van der Waals surface area contributed by atoms with Gasteiger partial charge in [-0.1, -0.05) is 11.6 Å². The topological polar surface area (TPSA) is 55.4 Å². The van der Waals surface area contributed by atoms with Gasteiger partial charge in [0.2, 0.25) is 0 Å². The van der Waals surface area contributed by atoms with Gasteiger partial charge in [-0.3, -0.25) is 14.4 Å². The van der Waals surface area contributed by atoms with Crippen molar-refractivity contribution in [2.24, 2.45) is 0 Å². The van der Waals surface area contributed by atoms with Crippen molar-refractivity contribution >= 4 is 18.7 Å². The molecule has 1 unspecified atom stereocenters. The molecule has 0 bridgehead atoms. The molecule has 0 saturated carbocycles. The Morgan fingerprint density at radius 3 is 2.69 bits per heavy atom. The Hall–Kier alpha value is -1.12. The zero-order valence-electron chi connectivity index (χ0n) is 9.53. The van der Waals surface area contributed by atoms with Crippen LogP contribution in [0.5, 0.6) is 0 Å². The summed E-state index contributed by atoms with van der Waals surface area (Å²) in [7, 11) is -3.17.